The third kappa shape index (κ3) is 1.05. The lowest BCUT2D eigenvalue weighted by molar-refractivity contribution is 0.558. The van der Waals surface area contributed by atoms with Crippen LogP contribution < -0.4 is 5.73 Å². The second-order valence-corrected chi connectivity index (χ2v) is 3.41. The summed E-state index contributed by atoms with van der Waals surface area (Å²) in [5.41, 5.74) is 8.58. The van der Waals surface area contributed by atoms with Gasteiger partial charge in [-0.15, -0.1) is 0 Å². The quantitative estimate of drug-likeness (QED) is 0.519. The second-order valence-electron chi connectivity index (χ2n) is 3.41. The Morgan fingerprint density at radius 3 is 3.09 bits per heavy atom. The number of allylic oxidation sites excluding steroid dienone is 3. The van der Waals surface area contributed by atoms with E-state index in [0.717, 1.165) is 12.8 Å². The average molecular weight is 147 g/mol. The van der Waals surface area contributed by atoms with Crippen LogP contribution in [0.2, 0.25) is 0 Å². The van der Waals surface area contributed by atoms with Gasteiger partial charge >= 0.3 is 0 Å². The van der Waals surface area contributed by atoms with Crippen molar-refractivity contribution < 1.29 is 0 Å². The SMILES string of the molecule is C=C1C(N)CC2=CC=CC1C2. The molecule has 0 radical (unpaired) electrons. The fraction of sp³-hybridized carbons (Fsp3) is 0.400. The molecule has 58 valence electrons. The van der Waals surface area contributed by atoms with Crippen molar-refractivity contribution in [2.45, 2.75) is 18.9 Å². The van der Waals surface area contributed by atoms with Crippen LogP contribution >= 0.6 is 0 Å². The predicted octanol–water partition coefficient (Wildman–Crippen LogP) is 1.78. The zero-order chi connectivity index (χ0) is 7.84. The number of hydrogen-bond donors (Lipinski definition) is 1. The van der Waals surface area contributed by atoms with Crippen LogP contribution in [0, 0.1) is 5.92 Å². The van der Waals surface area contributed by atoms with Crippen molar-refractivity contribution in [2.24, 2.45) is 11.7 Å². The van der Waals surface area contributed by atoms with Crippen molar-refractivity contribution in [3.63, 3.8) is 0 Å². The van der Waals surface area contributed by atoms with Gasteiger partial charge in [-0.1, -0.05) is 36.0 Å². The molecule has 11 heavy (non-hydrogen) atoms. The van der Waals surface area contributed by atoms with Crippen LogP contribution in [0.15, 0.2) is 36.0 Å². The van der Waals surface area contributed by atoms with Crippen molar-refractivity contribution in [3.8, 4) is 0 Å². The van der Waals surface area contributed by atoms with Crippen LogP contribution in [0.25, 0.3) is 0 Å². The molecule has 0 heterocycles. The van der Waals surface area contributed by atoms with Gasteiger partial charge in [-0.3, -0.25) is 0 Å². The van der Waals surface area contributed by atoms with Gasteiger partial charge in [0.05, 0.1) is 0 Å². The highest BCUT2D eigenvalue weighted by atomic mass is 14.6. The van der Waals surface area contributed by atoms with E-state index in [1.165, 1.54) is 11.1 Å². The number of rotatable bonds is 0. The van der Waals surface area contributed by atoms with E-state index in [1.54, 1.807) is 0 Å². The molecule has 2 N–H and O–H groups in total. The van der Waals surface area contributed by atoms with Gasteiger partial charge in [0.25, 0.3) is 0 Å². The minimum absolute atomic E-state index is 0.199. The minimum atomic E-state index is 0.199. The standard InChI is InChI=1S/C10H13N/c1-7-9-4-2-3-8(5-9)6-10(7)11/h2-4,9-10H,1,5-6,11H2. The topological polar surface area (TPSA) is 26.0 Å². The van der Waals surface area contributed by atoms with Gasteiger partial charge in [-0.25, -0.2) is 0 Å². The van der Waals surface area contributed by atoms with Gasteiger partial charge < -0.3 is 5.73 Å². The Labute approximate surface area is 67.3 Å². The smallest absolute Gasteiger partial charge is 0.0294 e. The maximum atomic E-state index is 5.89. The maximum Gasteiger partial charge on any atom is 0.0294 e. The van der Waals surface area contributed by atoms with E-state index in [9.17, 15) is 0 Å². The summed E-state index contributed by atoms with van der Waals surface area (Å²) >= 11 is 0. The largest absolute Gasteiger partial charge is 0.324 e. The lowest BCUT2D eigenvalue weighted by atomic mass is 9.77. The summed E-state index contributed by atoms with van der Waals surface area (Å²) in [4.78, 5) is 0. The summed E-state index contributed by atoms with van der Waals surface area (Å²) in [6.45, 7) is 4.01. The number of fused-ring (bicyclic) bond motifs is 2. The van der Waals surface area contributed by atoms with Crippen molar-refractivity contribution in [2.75, 3.05) is 0 Å². The molecule has 0 amide bonds. The molecule has 1 nitrogen and oxygen atoms in total. The van der Waals surface area contributed by atoms with E-state index in [2.05, 4.69) is 24.8 Å². The van der Waals surface area contributed by atoms with Gasteiger partial charge in [0.2, 0.25) is 0 Å². The highest BCUT2D eigenvalue weighted by Crippen LogP contribution is 2.34. The van der Waals surface area contributed by atoms with Gasteiger partial charge in [-0.05, 0) is 12.8 Å². The Morgan fingerprint density at radius 1 is 1.45 bits per heavy atom. The van der Waals surface area contributed by atoms with Crippen LogP contribution in [-0.4, -0.2) is 6.04 Å². The normalized spacial score (nSPS) is 35.4. The van der Waals surface area contributed by atoms with Crippen LogP contribution in [0.4, 0.5) is 0 Å². The Bertz CT molecular complexity index is 248. The summed E-state index contributed by atoms with van der Waals surface area (Å²) in [6, 6.07) is 0.199. The molecule has 0 aromatic heterocycles. The first-order chi connectivity index (χ1) is 5.27. The van der Waals surface area contributed by atoms with Crippen molar-refractivity contribution >= 4 is 0 Å². The number of nitrogens with two attached hydrogens (primary N) is 1. The average Bonchev–Trinajstić information content (AvgIpc) is 2.01. The number of hydrogen-bond acceptors (Lipinski definition) is 1. The van der Waals surface area contributed by atoms with E-state index >= 15 is 0 Å². The van der Waals surface area contributed by atoms with Crippen molar-refractivity contribution in [1.29, 1.82) is 0 Å². The van der Waals surface area contributed by atoms with Gasteiger partial charge in [0.1, 0.15) is 0 Å². The lowest BCUT2D eigenvalue weighted by Crippen LogP contribution is -2.31. The van der Waals surface area contributed by atoms with E-state index in [0.29, 0.717) is 5.92 Å². The second kappa shape index (κ2) is 2.35. The molecule has 2 atom stereocenters. The highest BCUT2D eigenvalue weighted by Gasteiger charge is 2.25. The van der Waals surface area contributed by atoms with Crippen LogP contribution in [-0.2, 0) is 0 Å². The fourth-order valence-corrected chi connectivity index (χ4v) is 1.84. The van der Waals surface area contributed by atoms with Gasteiger partial charge in [0.15, 0.2) is 0 Å². The minimum Gasteiger partial charge on any atom is -0.324 e. The van der Waals surface area contributed by atoms with Crippen LogP contribution in [0.5, 0.6) is 0 Å². The summed E-state index contributed by atoms with van der Waals surface area (Å²) in [5.74, 6) is 0.527. The Morgan fingerprint density at radius 2 is 2.27 bits per heavy atom. The molecule has 2 rings (SSSR count). The van der Waals surface area contributed by atoms with Gasteiger partial charge in [0, 0.05) is 12.0 Å². The van der Waals surface area contributed by atoms with Gasteiger partial charge in [-0.2, -0.15) is 0 Å². The first-order valence-electron chi connectivity index (χ1n) is 4.08. The molecule has 0 saturated heterocycles. The first kappa shape index (κ1) is 6.86. The molecule has 0 spiro atoms. The lowest BCUT2D eigenvalue weighted by Gasteiger charge is -2.31. The molecule has 2 aliphatic rings. The molecular formula is C10H13N. The van der Waals surface area contributed by atoms with Crippen LogP contribution in [0.1, 0.15) is 12.8 Å². The molecule has 2 bridgehead atoms. The van der Waals surface area contributed by atoms with E-state index < -0.39 is 0 Å². The molecule has 1 heteroatoms. The molecule has 0 aliphatic heterocycles. The highest BCUT2D eigenvalue weighted by molar-refractivity contribution is 5.33. The van der Waals surface area contributed by atoms with Crippen molar-refractivity contribution in [3.05, 3.63) is 36.0 Å². The van der Waals surface area contributed by atoms with E-state index in [1.807, 2.05) is 0 Å². The molecule has 2 aliphatic carbocycles. The Kier molecular flexibility index (Phi) is 1.46. The van der Waals surface area contributed by atoms with Crippen molar-refractivity contribution in [1.82, 2.24) is 0 Å². The third-order valence-corrected chi connectivity index (χ3v) is 2.59. The van der Waals surface area contributed by atoms with E-state index in [-0.39, 0.29) is 6.04 Å². The monoisotopic (exact) mass is 147 g/mol. The summed E-state index contributed by atoms with van der Waals surface area (Å²) in [6.07, 6.45) is 8.68. The summed E-state index contributed by atoms with van der Waals surface area (Å²) < 4.78 is 0. The Hall–Kier alpha value is -0.820. The molecule has 1 saturated carbocycles. The molecule has 0 aromatic rings. The summed E-state index contributed by atoms with van der Waals surface area (Å²) in [7, 11) is 0. The molecule has 0 aromatic carbocycles. The molecular weight excluding hydrogens is 134 g/mol. The molecule has 2 unspecified atom stereocenters. The predicted molar refractivity (Wildman–Crippen MR) is 47.1 cm³/mol. The fourth-order valence-electron chi connectivity index (χ4n) is 1.84. The first-order valence-corrected chi connectivity index (χ1v) is 4.08. The molecule has 1 fully saturated rings. The zero-order valence-electron chi connectivity index (χ0n) is 6.59. The third-order valence-electron chi connectivity index (χ3n) is 2.59. The Balaban J connectivity index is 2.30. The van der Waals surface area contributed by atoms with E-state index in [4.69, 9.17) is 5.73 Å². The zero-order valence-corrected chi connectivity index (χ0v) is 6.59. The maximum absolute atomic E-state index is 5.89. The summed E-state index contributed by atoms with van der Waals surface area (Å²) in [5, 5.41) is 0. The van der Waals surface area contributed by atoms with Crippen LogP contribution in [0.3, 0.4) is 0 Å².